The van der Waals surface area contributed by atoms with Gasteiger partial charge in [0.2, 0.25) is 5.91 Å². The number of hydrogen-bond acceptors (Lipinski definition) is 3. The molecular formula is C13H22N2O2S. The highest BCUT2D eigenvalue weighted by molar-refractivity contribution is 8.13. The van der Waals surface area contributed by atoms with Crippen molar-refractivity contribution in [1.29, 1.82) is 0 Å². The topological polar surface area (TPSA) is 49.7 Å². The molecule has 0 spiro atoms. The third-order valence-corrected chi connectivity index (χ3v) is 4.59. The van der Waals surface area contributed by atoms with Gasteiger partial charge in [0.25, 0.3) is 5.91 Å². The van der Waals surface area contributed by atoms with Crippen molar-refractivity contribution < 1.29 is 9.59 Å². The second kappa shape index (κ2) is 5.87. The molecule has 5 heteroatoms. The van der Waals surface area contributed by atoms with E-state index in [0.29, 0.717) is 11.6 Å². The number of amidine groups is 1. The first-order valence-corrected chi connectivity index (χ1v) is 7.63. The number of amides is 2. The molecule has 0 aromatic rings. The molecule has 2 unspecified atom stereocenters. The second-order valence-electron chi connectivity index (χ2n) is 4.78. The van der Waals surface area contributed by atoms with Crippen LogP contribution in [0.5, 0.6) is 0 Å². The molecule has 1 aliphatic heterocycles. The zero-order valence-electron chi connectivity index (χ0n) is 11.8. The van der Waals surface area contributed by atoms with Crippen LogP contribution in [0.4, 0.5) is 0 Å². The van der Waals surface area contributed by atoms with Gasteiger partial charge in [-0.05, 0) is 25.0 Å². The van der Waals surface area contributed by atoms with Gasteiger partial charge < -0.3 is 0 Å². The van der Waals surface area contributed by atoms with Gasteiger partial charge in [-0.2, -0.15) is 4.99 Å². The summed E-state index contributed by atoms with van der Waals surface area (Å²) >= 11 is 1.33. The Morgan fingerprint density at radius 3 is 2.44 bits per heavy atom. The number of rotatable bonds is 4. The third kappa shape index (κ3) is 2.20. The molecule has 0 N–H and O–H groups in total. The van der Waals surface area contributed by atoms with E-state index in [1.807, 2.05) is 20.1 Å². The average Bonchev–Trinajstić information content (AvgIpc) is 2.35. The normalized spacial score (nSPS) is 26.3. The molecule has 1 heterocycles. The van der Waals surface area contributed by atoms with E-state index in [1.54, 1.807) is 7.05 Å². The van der Waals surface area contributed by atoms with Crippen molar-refractivity contribution in [1.82, 2.24) is 4.90 Å². The van der Waals surface area contributed by atoms with Gasteiger partial charge in [0.1, 0.15) is 5.41 Å². The Kier molecular flexibility index (Phi) is 4.96. The minimum Gasteiger partial charge on any atom is -0.293 e. The highest BCUT2D eigenvalue weighted by atomic mass is 32.2. The summed E-state index contributed by atoms with van der Waals surface area (Å²) in [5, 5.41) is 0.498. The number of carbonyl (C=O) groups is 2. The summed E-state index contributed by atoms with van der Waals surface area (Å²) in [5.41, 5.74) is -0.954. The predicted molar refractivity (Wildman–Crippen MR) is 75.5 cm³/mol. The number of carbonyl (C=O) groups excluding carboxylic acids is 2. The van der Waals surface area contributed by atoms with Crippen molar-refractivity contribution in [2.45, 2.75) is 40.0 Å². The number of nitrogens with zero attached hydrogens (tertiary/aromatic N) is 2. The fourth-order valence-electron chi connectivity index (χ4n) is 2.67. The van der Waals surface area contributed by atoms with Crippen LogP contribution in [0.25, 0.3) is 0 Å². The van der Waals surface area contributed by atoms with E-state index in [2.05, 4.69) is 11.9 Å². The van der Waals surface area contributed by atoms with Gasteiger partial charge in [-0.15, -0.1) is 0 Å². The fraction of sp³-hybridized carbons (Fsp3) is 0.769. The Hall–Kier alpha value is -0.840. The summed E-state index contributed by atoms with van der Waals surface area (Å²) in [6, 6.07) is 0. The molecule has 4 nitrogen and oxygen atoms in total. The molecule has 0 bridgehead atoms. The van der Waals surface area contributed by atoms with Crippen LogP contribution in [-0.2, 0) is 9.59 Å². The maximum absolute atomic E-state index is 12.6. The van der Waals surface area contributed by atoms with Crippen molar-refractivity contribution >= 4 is 28.7 Å². The lowest BCUT2D eigenvalue weighted by atomic mass is 9.70. The second-order valence-corrected chi connectivity index (χ2v) is 5.56. The molecule has 1 aliphatic rings. The van der Waals surface area contributed by atoms with Crippen molar-refractivity contribution in [2.75, 3.05) is 13.3 Å². The predicted octanol–water partition coefficient (Wildman–Crippen LogP) is 2.54. The van der Waals surface area contributed by atoms with Crippen LogP contribution in [0.3, 0.4) is 0 Å². The highest BCUT2D eigenvalue weighted by Gasteiger charge is 2.52. The van der Waals surface area contributed by atoms with Crippen LogP contribution in [0.1, 0.15) is 40.0 Å². The lowest BCUT2D eigenvalue weighted by Crippen LogP contribution is -2.55. The Bertz CT molecular complexity index is 381. The molecule has 0 aliphatic carbocycles. The molecule has 2 amide bonds. The Morgan fingerprint density at radius 1 is 1.39 bits per heavy atom. The number of aliphatic imine (C=N–C) groups is 1. The molecule has 0 radical (unpaired) electrons. The summed E-state index contributed by atoms with van der Waals surface area (Å²) < 4.78 is 0. The largest absolute Gasteiger partial charge is 0.293 e. The average molecular weight is 270 g/mol. The minimum absolute atomic E-state index is 0.0297. The molecule has 18 heavy (non-hydrogen) atoms. The van der Waals surface area contributed by atoms with Crippen molar-refractivity contribution in [2.24, 2.45) is 16.3 Å². The standard InChI is InChI=1S/C13H22N2O2S/c1-6-8-9(3)13(7-2)10(16)14-12(18-5)15(4)11(13)17/h9H,6-8H2,1-5H3. The van der Waals surface area contributed by atoms with Gasteiger partial charge in [0.05, 0.1) is 0 Å². The van der Waals surface area contributed by atoms with E-state index in [1.165, 1.54) is 16.7 Å². The Labute approximate surface area is 113 Å². The monoisotopic (exact) mass is 270 g/mol. The van der Waals surface area contributed by atoms with Crippen LogP contribution in [0.2, 0.25) is 0 Å². The van der Waals surface area contributed by atoms with E-state index in [4.69, 9.17) is 0 Å². The number of hydrogen-bond donors (Lipinski definition) is 0. The van der Waals surface area contributed by atoms with Crippen LogP contribution in [-0.4, -0.2) is 35.2 Å². The maximum Gasteiger partial charge on any atom is 0.264 e. The Morgan fingerprint density at radius 2 is 2.00 bits per heavy atom. The van der Waals surface area contributed by atoms with E-state index in [9.17, 15) is 9.59 Å². The van der Waals surface area contributed by atoms with Crippen LogP contribution in [0, 0.1) is 11.3 Å². The van der Waals surface area contributed by atoms with Gasteiger partial charge in [0, 0.05) is 7.05 Å². The lowest BCUT2D eigenvalue weighted by molar-refractivity contribution is -0.151. The molecule has 0 aromatic carbocycles. The van der Waals surface area contributed by atoms with Crippen LogP contribution < -0.4 is 0 Å². The van der Waals surface area contributed by atoms with E-state index < -0.39 is 5.41 Å². The first-order valence-electron chi connectivity index (χ1n) is 6.40. The molecular weight excluding hydrogens is 248 g/mol. The molecule has 0 fully saturated rings. The van der Waals surface area contributed by atoms with Crippen molar-refractivity contribution in [3.8, 4) is 0 Å². The Balaban J connectivity index is 3.24. The van der Waals surface area contributed by atoms with Gasteiger partial charge in [0.15, 0.2) is 5.17 Å². The van der Waals surface area contributed by atoms with Crippen LogP contribution in [0.15, 0.2) is 4.99 Å². The lowest BCUT2D eigenvalue weighted by Gasteiger charge is -2.40. The van der Waals surface area contributed by atoms with Gasteiger partial charge in [-0.1, -0.05) is 39.0 Å². The van der Waals surface area contributed by atoms with Crippen molar-refractivity contribution in [3.05, 3.63) is 0 Å². The van der Waals surface area contributed by atoms with Gasteiger partial charge in [-0.3, -0.25) is 14.5 Å². The first kappa shape index (κ1) is 15.2. The zero-order chi connectivity index (χ0) is 13.9. The summed E-state index contributed by atoms with van der Waals surface area (Å²) in [6.07, 6.45) is 4.17. The molecule has 102 valence electrons. The molecule has 0 aromatic heterocycles. The summed E-state index contributed by atoms with van der Waals surface area (Å²) in [4.78, 5) is 30.6. The molecule has 1 rings (SSSR count). The maximum atomic E-state index is 12.6. The molecule has 0 saturated heterocycles. The SMILES string of the molecule is CCCC(C)C1(CC)C(=O)N=C(SC)N(C)C1=O. The summed E-state index contributed by atoms with van der Waals surface area (Å²) in [6.45, 7) is 5.95. The van der Waals surface area contributed by atoms with Crippen molar-refractivity contribution in [3.63, 3.8) is 0 Å². The molecule has 2 atom stereocenters. The quantitative estimate of drug-likeness (QED) is 0.738. The van der Waals surface area contributed by atoms with E-state index in [-0.39, 0.29) is 17.7 Å². The van der Waals surface area contributed by atoms with Gasteiger partial charge >= 0.3 is 0 Å². The fourth-order valence-corrected chi connectivity index (χ4v) is 3.20. The molecule has 0 saturated carbocycles. The smallest absolute Gasteiger partial charge is 0.264 e. The summed E-state index contributed by atoms with van der Waals surface area (Å²) in [5.74, 6) is -0.337. The first-order chi connectivity index (χ1) is 8.45. The van der Waals surface area contributed by atoms with E-state index >= 15 is 0 Å². The zero-order valence-corrected chi connectivity index (χ0v) is 12.6. The van der Waals surface area contributed by atoms with E-state index in [0.717, 1.165) is 12.8 Å². The van der Waals surface area contributed by atoms with Gasteiger partial charge in [-0.25, -0.2) is 0 Å². The van der Waals surface area contributed by atoms with Crippen LogP contribution >= 0.6 is 11.8 Å². The third-order valence-electron chi connectivity index (χ3n) is 3.86. The minimum atomic E-state index is -0.954. The highest BCUT2D eigenvalue weighted by Crippen LogP contribution is 2.40. The summed E-state index contributed by atoms with van der Waals surface area (Å²) in [7, 11) is 1.70. The number of thioether (sulfide) groups is 1.